The monoisotopic (exact) mass is 492 g/mol. The number of ether oxygens (including phenoxy) is 1. The molecule has 0 unspecified atom stereocenters. The SMILES string of the molecule is O=C1[C@@H]2[C@H](C(=O)N1c1ccc(Cl)cc1)[C@@H](c1ccccc1)N1c3ccccc3Oc3ccccc3[C@@H]21. The number of hydrogen-bond donors (Lipinski definition) is 0. The molecule has 4 aromatic carbocycles. The highest BCUT2D eigenvalue weighted by Crippen LogP contribution is 2.61. The molecule has 3 aliphatic rings. The Labute approximate surface area is 213 Å². The van der Waals surface area contributed by atoms with Gasteiger partial charge in [-0.1, -0.05) is 72.3 Å². The molecule has 3 heterocycles. The Morgan fingerprint density at radius 2 is 1.25 bits per heavy atom. The summed E-state index contributed by atoms with van der Waals surface area (Å²) >= 11 is 6.09. The molecule has 176 valence electrons. The first-order valence-corrected chi connectivity index (χ1v) is 12.3. The largest absolute Gasteiger partial charge is 0.455 e. The number of rotatable bonds is 2. The number of carbonyl (C=O) groups excluding carboxylic acids is 2. The molecule has 0 saturated carbocycles. The van der Waals surface area contributed by atoms with Gasteiger partial charge < -0.3 is 9.64 Å². The van der Waals surface area contributed by atoms with E-state index in [0.717, 1.165) is 16.8 Å². The van der Waals surface area contributed by atoms with Crippen molar-refractivity contribution in [1.29, 1.82) is 0 Å². The molecule has 0 bridgehead atoms. The van der Waals surface area contributed by atoms with Crippen molar-refractivity contribution >= 4 is 34.8 Å². The first-order valence-electron chi connectivity index (χ1n) is 12.0. The van der Waals surface area contributed by atoms with E-state index < -0.39 is 11.8 Å². The maximum Gasteiger partial charge on any atom is 0.240 e. The lowest BCUT2D eigenvalue weighted by Crippen LogP contribution is -2.38. The minimum Gasteiger partial charge on any atom is -0.455 e. The van der Waals surface area contributed by atoms with E-state index in [0.29, 0.717) is 22.2 Å². The van der Waals surface area contributed by atoms with Crippen molar-refractivity contribution in [2.75, 3.05) is 9.80 Å². The van der Waals surface area contributed by atoms with Gasteiger partial charge in [0.05, 0.1) is 35.3 Å². The molecule has 0 aromatic heterocycles. The van der Waals surface area contributed by atoms with Crippen molar-refractivity contribution in [1.82, 2.24) is 0 Å². The van der Waals surface area contributed by atoms with Crippen LogP contribution in [0.25, 0.3) is 0 Å². The zero-order valence-corrected chi connectivity index (χ0v) is 19.9. The predicted octanol–water partition coefficient (Wildman–Crippen LogP) is 6.55. The van der Waals surface area contributed by atoms with Crippen molar-refractivity contribution in [3.05, 3.63) is 119 Å². The van der Waals surface area contributed by atoms with Crippen molar-refractivity contribution in [2.24, 2.45) is 11.8 Å². The van der Waals surface area contributed by atoms with Crippen LogP contribution in [0.1, 0.15) is 23.2 Å². The molecule has 4 aromatic rings. The summed E-state index contributed by atoms with van der Waals surface area (Å²) in [6.45, 7) is 0. The number of para-hydroxylation sites is 3. The van der Waals surface area contributed by atoms with Crippen LogP contribution in [0.5, 0.6) is 11.5 Å². The quantitative estimate of drug-likeness (QED) is 0.297. The minimum absolute atomic E-state index is 0.190. The first-order chi connectivity index (χ1) is 17.6. The van der Waals surface area contributed by atoms with Gasteiger partial charge in [-0.15, -0.1) is 0 Å². The van der Waals surface area contributed by atoms with Gasteiger partial charge in [-0.25, -0.2) is 4.90 Å². The Morgan fingerprint density at radius 1 is 0.639 bits per heavy atom. The molecular weight excluding hydrogens is 472 g/mol. The number of amides is 2. The third kappa shape index (κ3) is 2.96. The average Bonchev–Trinajstić information content (AvgIpc) is 3.33. The van der Waals surface area contributed by atoms with Crippen LogP contribution in [-0.4, -0.2) is 11.8 Å². The fraction of sp³-hybridized carbons (Fsp3) is 0.133. The summed E-state index contributed by atoms with van der Waals surface area (Å²) < 4.78 is 6.39. The van der Waals surface area contributed by atoms with E-state index in [9.17, 15) is 9.59 Å². The number of carbonyl (C=O) groups is 2. The number of halogens is 1. The second-order valence-corrected chi connectivity index (χ2v) is 9.79. The second kappa shape index (κ2) is 7.97. The molecule has 0 N–H and O–H groups in total. The normalized spacial score (nSPS) is 23.9. The van der Waals surface area contributed by atoms with Crippen LogP contribution in [0.2, 0.25) is 5.02 Å². The molecule has 36 heavy (non-hydrogen) atoms. The van der Waals surface area contributed by atoms with Gasteiger partial charge in [-0.05, 0) is 48.0 Å². The molecule has 2 fully saturated rings. The van der Waals surface area contributed by atoms with Gasteiger partial charge in [-0.3, -0.25) is 9.59 Å². The number of fused-ring (bicyclic) bond motifs is 7. The lowest BCUT2D eigenvalue weighted by Gasteiger charge is -2.35. The van der Waals surface area contributed by atoms with Crippen LogP contribution in [0, 0.1) is 11.8 Å². The molecule has 0 radical (unpaired) electrons. The zero-order valence-electron chi connectivity index (χ0n) is 19.1. The summed E-state index contributed by atoms with van der Waals surface area (Å²) in [5, 5.41) is 0.554. The van der Waals surface area contributed by atoms with Crippen LogP contribution >= 0.6 is 11.6 Å². The van der Waals surface area contributed by atoms with Crippen LogP contribution in [0.15, 0.2) is 103 Å². The highest BCUT2D eigenvalue weighted by Gasteiger charge is 2.64. The number of benzene rings is 4. The van der Waals surface area contributed by atoms with Gasteiger partial charge in [-0.2, -0.15) is 0 Å². The molecule has 7 rings (SSSR count). The summed E-state index contributed by atoms with van der Waals surface area (Å²) in [4.78, 5) is 31.9. The van der Waals surface area contributed by atoms with E-state index in [1.165, 1.54) is 4.90 Å². The summed E-state index contributed by atoms with van der Waals surface area (Å²) in [5.74, 6) is -0.105. The lowest BCUT2D eigenvalue weighted by molar-refractivity contribution is -0.123. The third-order valence-corrected chi connectivity index (χ3v) is 7.76. The third-order valence-electron chi connectivity index (χ3n) is 7.50. The molecule has 2 amide bonds. The van der Waals surface area contributed by atoms with Crippen LogP contribution in [-0.2, 0) is 9.59 Å². The Hall–Kier alpha value is -4.09. The van der Waals surface area contributed by atoms with E-state index in [1.807, 2.05) is 78.9 Å². The summed E-state index contributed by atoms with van der Waals surface area (Å²) in [6, 6.07) is 31.8. The topological polar surface area (TPSA) is 49.9 Å². The van der Waals surface area contributed by atoms with Gasteiger partial charge in [0.1, 0.15) is 5.75 Å². The van der Waals surface area contributed by atoms with Crippen molar-refractivity contribution in [2.45, 2.75) is 12.1 Å². The van der Waals surface area contributed by atoms with Crippen molar-refractivity contribution in [3.8, 4) is 11.5 Å². The Kier molecular flexibility index (Phi) is 4.70. The standard InChI is InChI=1S/C30H21ClN2O3/c31-19-14-16-20(17-15-19)32-29(34)25-26(30(32)35)28-21-10-4-6-12-23(21)36-24-13-7-5-11-22(24)33(28)27(25)18-8-2-1-3-9-18/h1-17,25-28H/t25-,26+,27+,28-/m0/s1. The summed E-state index contributed by atoms with van der Waals surface area (Å²) in [5.41, 5.74) is 3.31. The molecule has 0 aliphatic carbocycles. The van der Waals surface area contributed by atoms with E-state index in [2.05, 4.69) is 4.90 Å². The fourth-order valence-corrected chi connectivity index (χ4v) is 6.22. The van der Waals surface area contributed by atoms with Gasteiger partial charge >= 0.3 is 0 Å². The Balaban J connectivity index is 1.48. The Morgan fingerprint density at radius 3 is 2.00 bits per heavy atom. The number of hydrogen-bond acceptors (Lipinski definition) is 4. The number of imide groups is 1. The maximum absolute atomic E-state index is 14.2. The molecule has 3 aliphatic heterocycles. The van der Waals surface area contributed by atoms with Gasteiger partial charge in [0.15, 0.2) is 5.75 Å². The first kappa shape index (κ1) is 21.2. The summed E-state index contributed by atoms with van der Waals surface area (Å²) in [6.07, 6.45) is 0. The van der Waals surface area contributed by atoms with Gasteiger partial charge in [0.25, 0.3) is 0 Å². The average molecular weight is 493 g/mol. The molecule has 6 heteroatoms. The van der Waals surface area contributed by atoms with Crippen LogP contribution in [0.3, 0.4) is 0 Å². The molecule has 4 atom stereocenters. The molecule has 2 saturated heterocycles. The molecule has 0 spiro atoms. The Bertz CT molecular complexity index is 1500. The highest BCUT2D eigenvalue weighted by atomic mass is 35.5. The molecular formula is C30H21ClN2O3. The van der Waals surface area contributed by atoms with Gasteiger partial charge in [0, 0.05) is 10.6 Å². The second-order valence-electron chi connectivity index (χ2n) is 9.36. The fourth-order valence-electron chi connectivity index (χ4n) is 6.09. The van der Waals surface area contributed by atoms with E-state index in [-0.39, 0.29) is 23.9 Å². The van der Waals surface area contributed by atoms with Crippen molar-refractivity contribution < 1.29 is 14.3 Å². The maximum atomic E-state index is 14.2. The highest BCUT2D eigenvalue weighted by molar-refractivity contribution is 6.31. The number of nitrogens with zero attached hydrogens (tertiary/aromatic N) is 2. The number of anilines is 2. The van der Waals surface area contributed by atoms with Crippen LogP contribution < -0.4 is 14.5 Å². The van der Waals surface area contributed by atoms with Crippen molar-refractivity contribution in [3.63, 3.8) is 0 Å². The van der Waals surface area contributed by atoms with E-state index in [4.69, 9.17) is 16.3 Å². The zero-order chi connectivity index (χ0) is 24.4. The van der Waals surface area contributed by atoms with Crippen LogP contribution in [0.4, 0.5) is 11.4 Å². The molecule has 5 nitrogen and oxygen atoms in total. The lowest BCUT2D eigenvalue weighted by atomic mass is 9.84. The predicted molar refractivity (Wildman–Crippen MR) is 138 cm³/mol. The summed E-state index contributed by atoms with van der Waals surface area (Å²) in [7, 11) is 0. The minimum atomic E-state index is -0.575. The van der Waals surface area contributed by atoms with Gasteiger partial charge in [0.2, 0.25) is 11.8 Å². The van der Waals surface area contributed by atoms with E-state index in [1.54, 1.807) is 24.3 Å². The smallest absolute Gasteiger partial charge is 0.240 e. The van der Waals surface area contributed by atoms with E-state index >= 15 is 0 Å².